The Morgan fingerprint density at radius 3 is 2.88 bits per heavy atom. The fourth-order valence-electron chi connectivity index (χ4n) is 2.91. The molecule has 0 saturated carbocycles. The van der Waals surface area contributed by atoms with E-state index in [1.807, 2.05) is 54.5 Å². The minimum absolute atomic E-state index is 0.0474. The standard InChI is InChI=1S/C19H23N3O2S/c1-3-13(2)20-19(24)21-15-8-9-16-14(12-15)6-4-10-22(16)18(23)17-7-5-11-25-17/h5,7-9,11-13H,3-4,6,10H2,1-2H3,(H2,20,21,24). The van der Waals surface area contributed by atoms with Gasteiger partial charge in [-0.3, -0.25) is 4.79 Å². The Hall–Kier alpha value is -2.34. The normalized spacial score (nSPS) is 14.6. The third-order valence-electron chi connectivity index (χ3n) is 4.42. The number of thiophene rings is 1. The fraction of sp³-hybridized carbons (Fsp3) is 0.368. The van der Waals surface area contributed by atoms with Crippen LogP contribution in [-0.2, 0) is 6.42 Å². The maximum absolute atomic E-state index is 12.7. The van der Waals surface area contributed by atoms with Crippen LogP contribution in [0.4, 0.5) is 16.2 Å². The van der Waals surface area contributed by atoms with E-state index in [0.29, 0.717) is 0 Å². The van der Waals surface area contributed by atoms with Gasteiger partial charge in [-0.15, -0.1) is 11.3 Å². The van der Waals surface area contributed by atoms with Gasteiger partial charge in [-0.2, -0.15) is 0 Å². The van der Waals surface area contributed by atoms with E-state index < -0.39 is 0 Å². The van der Waals surface area contributed by atoms with Crippen molar-refractivity contribution in [1.82, 2.24) is 5.32 Å². The molecule has 132 valence electrons. The van der Waals surface area contributed by atoms with Crippen LogP contribution in [0.25, 0.3) is 0 Å². The monoisotopic (exact) mass is 357 g/mol. The molecule has 0 radical (unpaired) electrons. The number of anilines is 2. The number of nitrogens with zero attached hydrogens (tertiary/aromatic N) is 1. The SMILES string of the molecule is CCC(C)NC(=O)Nc1ccc2c(c1)CCCN2C(=O)c1cccs1. The lowest BCUT2D eigenvalue weighted by atomic mass is 10.0. The van der Waals surface area contributed by atoms with Crippen LogP contribution in [-0.4, -0.2) is 24.5 Å². The van der Waals surface area contributed by atoms with Gasteiger partial charge < -0.3 is 15.5 Å². The molecule has 0 fully saturated rings. The Morgan fingerprint density at radius 2 is 2.16 bits per heavy atom. The summed E-state index contributed by atoms with van der Waals surface area (Å²) < 4.78 is 0. The zero-order valence-electron chi connectivity index (χ0n) is 14.5. The summed E-state index contributed by atoms with van der Waals surface area (Å²) in [7, 11) is 0. The van der Waals surface area contributed by atoms with Crippen LogP contribution in [0.5, 0.6) is 0 Å². The van der Waals surface area contributed by atoms with Gasteiger partial charge in [-0.25, -0.2) is 4.79 Å². The van der Waals surface area contributed by atoms with E-state index >= 15 is 0 Å². The first-order chi connectivity index (χ1) is 12.1. The van der Waals surface area contributed by atoms with Gasteiger partial charge in [0.1, 0.15) is 0 Å². The second kappa shape index (κ2) is 7.70. The van der Waals surface area contributed by atoms with Gasteiger partial charge >= 0.3 is 6.03 Å². The topological polar surface area (TPSA) is 61.4 Å². The molecule has 3 amide bonds. The summed E-state index contributed by atoms with van der Waals surface area (Å²) in [5, 5.41) is 7.69. The van der Waals surface area contributed by atoms with Crippen molar-refractivity contribution in [3.8, 4) is 0 Å². The number of hydrogen-bond donors (Lipinski definition) is 2. The summed E-state index contributed by atoms with van der Waals surface area (Å²) >= 11 is 1.46. The molecule has 1 atom stereocenters. The first kappa shape index (κ1) is 17.5. The average molecular weight is 357 g/mol. The lowest BCUT2D eigenvalue weighted by molar-refractivity contribution is 0.0989. The Kier molecular flexibility index (Phi) is 5.38. The number of carbonyl (C=O) groups excluding carboxylic acids is 2. The number of fused-ring (bicyclic) bond motifs is 1. The third-order valence-corrected chi connectivity index (χ3v) is 5.28. The number of nitrogens with one attached hydrogen (secondary N) is 2. The highest BCUT2D eigenvalue weighted by Crippen LogP contribution is 2.31. The van der Waals surface area contributed by atoms with Crippen molar-refractivity contribution in [2.45, 2.75) is 39.2 Å². The molecule has 1 aliphatic heterocycles. The van der Waals surface area contributed by atoms with Crippen LogP contribution < -0.4 is 15.5 Å². The minimum atomic E-state index is -0.198. The molecule has 5 nitrogen and oxygen atoms in total. The molecule has 2 aromatic rings. The second-order valence-electron chi connectivity index (χ2n) is 6.29. The minimum Gasteiger partial charge on any atom is -0.335 e. The van der Waals surface area contributed by atoms with E-state index in [2.05, 4.69) is 10.6 Å². The Balaban J connectivity index is 1.76. The number of carbonyl (C=O) groups is 2. The number of benzene rings is 1. The predicted molar refractivity (Wildman–Crippen MR) is 103 cm³/mol. The molecule has 0 bridgehead atoms. The third kappa shape index (κ3) is 4.02. The first-order valence-corrected chi connectivity index (χ1v) is 9.52. The van der Waals surface area contributed by atoms with Crippen molar-refractivity contribution >= 4 is 34.6 Å². The van der Waals surface area contributed by atoms with E-state index in [1.165, 1.54) is 11.3 Å². The van der Waals surface area contributed by atoms with E-state index in [4.69, 9.17) is 0 Å². The summed E-state index contributed by atoms with van der Waals surface area (Å²) in [4.78, 5) is 27.3. The van der Waals surface area contributed by atoms with Crippen molar-refractivity contribution in [2.75, 3.05) is 16.8 Å². The molecule has 1 aliphatic rings. The highest BCUT2D eigenvalue weighted by atomic mass is 32.1. The molecule has 0 saturated heterocycles. The van der Waals surface area contributed by atoms with Crippen LogP contribution in [0.2, 0.25) is 0 Å². The van der Waals surface area contributed by atoms with Gasteiger partial charge in [0.05, 0.1) is 4.88 Å². The summed E-state index contributed by atoms with van der Waals surface area (Å²) in [5.41, 5.74) is 2.79. The number of urea groups is 1. The molecule has 3 rings (SSSR count). The largest absolute Gasteiger partial charge is 0.335 e. The predicted octanol–water partition coefficient (Wildman–Crippen LogP) is 4.26. The molecule has 6 heteroatoms. The van der Waals surface area contributed by atoms with Crippen LogP contribution in [0.3, 0.4) is 0 Å². The zero-order chi connectivity index (χ0) is 17.8. The molecule has 25 heavy (non-hydrogen) atoms. The van der Waals surface area contributed by atoms with Crippen molar-refractivity contribution in [3.05, 3.63) is 46.2 Å². The van der Waals surface area contributed by atoms with Gasteiger partial charge in [-0.05, 0) is 61.4 Å². The Bertz CT molecular complexity index is 758. The summed E-state index contributed by atoms with van der Waals surface area (Å²) in [6, 6.07) is 9.45. The quantitative estimate of drug-likeness (QED) is 0.859. The highest BCUT2D eigenvalue weighted by Gasteiger charge is 2.24. The van der Waals surface area contributed by atoms with Gasteiger partial charge in [-0.1, -0.05) is 13.0 Å². The lowest BCUT2D eigenvalue weighted by Crippen LogP contribution is -2.36. The molecule has 2 N–H and O–H groups in total. The lowest BCUT2D eigenvalue weighted by Gasteiger charge is -2.29. The molecule has 2 heterocycles. The van der Waals surface area contributed by atoms with E-state index in [1.54, 1.807) is 0 Å². The number of hydrogen-bond acceptors (Lipinski definition) is 3. The van der Waals surface area contributed by atoms with Crippen LogP contribution >= 0.6 is 11.3 Å². The highest BCUT2D eigenvalue weighted by molar-refractivity contribution is 7.12. The van der Waals surface area contributed by atoms with Gasteiger partial charge in [0.2, 0.25) is 0 Å². The number of rotatable bonds is 4. The molecule has 1 aromatic heterocycles. The molecule has 0 aliphatic carbocycles. The van der Waals surface area contributed by atoms with Crippen LogP contribution in [0.15, 0.2) is 35.7 Å². The first-order valence-electron chi connectivity index (χ1n) is 8.64. The Labute approximate surface area is 152 Å². The van der Waals surface area contributed by atoms with Crippen LogP contribution in [0.1, 0.15) is 41.9 Å². The maximum Gasteiger partial charge on any atom is 0.319 e. The van der Waals surface area contributed by atoms with Crippen molar-refractivity contribution in [3.63, 3.8) is 0 Å². The van der Waals surface area contributed by atoms with E-state index in [-0.39, 0.29) is 18.0 Å². The smallest absolute Gasteiger partial charge is 0.319 e. The summed E-state index contributed by atoms with van der Waals surface area (Å²) in [5.74, 6) is 0.0474. The molecular weight excluding hydrogens is 334 g/mol. The summed E-state index contributed by atoms with van der Waals surface area (Å²) in [6.07, 6.45) is 2.72. The van der Waals surface area contributed by atoms with Crippen LogP contribution in [0, 0.1) is 0 Å². The van der Waals surface area contributed by atoms with Gasteiger partial charge in [0.25, 0.3) is 5.91 Å². The molecule has 1 unspecified atom stereocenters. The fourth-order valence-corrected chi connectivity index (χ4v) is 3.58. The van der Waals surface area contributed by atoms with Gasteiger partial charge in [0.15, 0.2) is 0 Å². The summed E-state index contributed by atoms with van der Waals surface area (Å²) in [6.45, 7) is 4.73. The van der Waals surface area contributed by atoms with Gasteiger partial charge in [0, 0.05) is 24.0 Å². The number of aryl methyl sites for hydroxylation is 1. The van der Waals surface area contributed by atoms with E-state index in [0.717, 1.165) is 47.6 Å². The molecular formula is C19H23N3O2S. The van der Waals surface area contributed by atoms with Crippen molar-refractivity contribution in [1.29, 1.82) is 0 Å². The molecule has 0 spiro atoms. The number of amides is 3. The second-order valence-corrected chi connectivity index (χ2v) is 7.24. The van der Waals surface area contributed by atoms with Crippen molar-refractivity contribution in [2.24, 2.45) is 0 Å². The maximum atomic E-state index is 12.7. The zero-order valence-corrected chi connectivity index (χ0v) is 15.4. The van der Waals surface area contributed by atoms with E-state index in [9.17, 15) is 9.59 Å². The average Bonchev–Trinajstić information content (AvgIpc) is 3.14. The molecule has 1 aromatic carbocycles. The Morgan fingerprint density at radius 1 is 1.32 bits per heavy atom. The van der Waals surface area contributed by atoms with Crippen molar-refractivity contribution < 1.29 is 9.59 Å².